The third kappa shape index (κ3) is 2.59. The fourth-order valence-electron chi connectivity index (χ4n) is 1.74. The van der Waals surface area contributed by atoms with Gasteiger partial charge in [0.1, 0.15) is 0 Å². The summed E-state index contributed by atoms with van der Waals surface area (Å²) in [6.07, 6.45) is 10.7. The lowest BCUT2D eigenvalue weighted by Gasteiger charge is -2.14. The molecule has 2 rings (SSSR count). The van der Waals surface area contributed by atoms with Crippen LogP contribution in [0.2, 0.25) is 0 Å². The molecule has 0 N–H and O–H groups in total. The number of thioether (sulfide) groups is 1. The Morgan fingerprint density at radius 2 is 2.20 bits per heavy atom. The first kappa shape index (κ1) is 10.7. The third-order valence-corrected chi connectivity index (χ3v) is 3.24. The first-order chi connectivity index (χ1) is 7.20. The molecule has 1 atom stereocenters. The van der Waals surface area contributed by atoms with E-state index in [1.54, 1.807) is 6.26 Å². The zero-order valence-electron chi connectivity index (χ0n) is 9.06. The summed E-state index contributed by atoms with van der Waals surface area (Å²) in [4.78, 5) is 15.2. The number of hydrogen-bond acceptors (Lipinski definition) is 2. The molecule has 0 aliphatic heterocycles. The van der Waals surface area contributed by atoms with Crippen molar-refractivity contribution in [2.75, 3.05) is 6.26 Å². The average molecular weight is 221 g/mol. The summed E-state index contributed by atoms with van der Waals surface area (Å²) in [6, 6.07) is 0. The minimum atomic E-state index is -0.107. The van der Waals surface area contributed by atoms with Gasteiger partial charge in [0.05, 0.1) is 5.71 Å². The van der Waals surface area contributed by atoms with Crippen molar-refractivity contribution in [3.05, 3.63) is 23.8 Å². The summed E-state index contributed by atoms with van der Waals surface area (Å²) in [6.45, 7) is 2.10. The van der Waals surface area contributed by atoms with E-state index in [1.807, 2.05) is 6.08 Å². The molecule has 1 fully saturated rings. The van der Waals surface area contributed by atoms with Crippen molar-refractivity contribution in [1.29, 1.82) is 0 Å². The zero-order chi connectivity index (χ0) is 10.8. The number of aliphatic imine (C=N–C) groups is 1. The predicted molar refractivity (Wildman–Crippen MR) is 65.5 cm³/mol. The van der Waals surface area contributed by atoms with Crippen molar-refractivity contribution in [3.8, 4) is 0 Å². The Hall–Kier alpha value is -0.830. The van der Waals surface area contributed by atoms with Gasteiger partial charge < -0.3 is 0 Å². The van der Waals surface area contributed by atoms with Gasteiger partial charge in [0, 0.05) is 5.92 Å². The minimum Gasteiger partial charge on any atom is -0.259 e. The Morgan fingerprint density at radius 1 is 1.47 bits per heavy atom. The van der Waals surface area contributed by atoms with Gasteiger partial charge in [0.25, 0.3) is 0 Å². The monoisotopic (exact) mass is 221 g/mol. The van der Waals surface area contributed by atoms with Crippen molar-refractivity contribution < 1.29 is 4.79 Å². The minimum absolute atomic E-state index is 0.107. The molecule has 80 valence electrons. The van der Waals surface area contributed by atoms with E-state index >= 15 is 0 Å². The molecule has 1 amide bonds. The van der Waals surface area contributed by atoms with Crippen LogP contribution >= 0.6 is 11.8 Å². The Kier molecular flexibility index (Phi) is 3.10. The lowest BCUT2D eigenvalue weighted by atomic mass is 9.94. The Morgan fingerprint density at radius 3 is 2.73 bits per heavy atom. The van der Waals surface area contributed by atoms with E-state index in [1.165, 1.54) is 18.4 Å². The molecule has 0 aromatic carbocycles. The maximum absolute atomic E-state index is 11.2. The van der Waals surface area contributed by atoms with Crippen molar-refractivity contribution >= 4 is 22.7 Å². The van der Waals surface area contributed by atoms with Gasteiger partial charge in [0.15, 0.2) is 0 Å². The molecule has 2 nitrogen and oxygen atoms in total. The van der Waals surface area contributed by atoms with Gasteiger partial charge in [-0.2, -0.15) is 0 Å². The smallest absolute Gasteiger partial charge is 0.259 e. The summed E-state index contributed by atoms with van der Waals surface area (Å²) in [7, 11) is 0. The molecule has 15 heavy (non-hydrogen) atoms. The van der Waals surface area contributed by atoms with Gasteiger partial charge in [-0.15, -0.1) is 0 Å². The molecule has 2 aliphatic carbocycles. The van der Waals surface area contributed by atoms with Crippen LogP contribution in [0.3, 0.4) is 0 Å². The second-order valence-electron chi connectivity index (χ2n) is 4.07. The fourth-order valence-corrected chi connectivity index (χ4v) is 1.94. The molecule has 2 aliphatic rings. The first-order valence-corrected chi connectivity index (χ1v) is 6.49. The number of rotatable bonds is 1. The number of nitrogens with zero attached hydrogens (tertiary/aromatic N) is 1. The number of carbonyl (C=O) groups is 1. The molecule has 0 bridgehead atoms. The molecule has 1 saturated carbocycles. The molecule has 0 radical (unpaired) electrons. The molecule has 0 heterocycles. The number of allylic oxidation sites excluding steroid dienone is 4. The number of amides is 1. The average Bonchev–Trinajstić information content (AvgIpc) is 3.04. The van der Waals surface area contributed by atoms with Gasteiger partial charge >= 0.3 is 5.24 Å². The van der Waals surface area contributed by atoms with Gasteiger partial charge in [-0.05, 0) is 36.7 Å². The third-order valence-electron chi connectivity index (χ3n) is 2.80. The van der Waals surface area contributed by atoms with E-state index in [9.17, 15) is 4.79 Å². The molecule has 0 aromatic heterocycles. The summed E-state index contributed by atoms with van der Waals surface area (Å²) in [5, 5.41) is -0.107. The van der Waals surface area contributed by atoms with E-state index < -0.39 is 0 Å². The van der Waals surface area contributed by atoms with Crippen LogP contribution < -0.4 is 0 Å². The number of hydrogen-bond donors (Lipinski definition) is 0. The molecular weight excluding hydrogens is 206 g/mol. The molecule has 1 unspecified atom stereocenters. The van der Waals surface area contributed by atoms with Crippen LogP contribution in [0, 0.1) is 11.8 Å². The SMILES string of the molecule is CSC(=O)N=C1C=CC(C2CC2)=CC1C. The number of carbonyl (C=O) groups excluding carboxylic acids is 1. The van der Waals surface area contributed by atoms with Gasteiger partial charge in [0.2, 0.25) is 0 Å². The first-order valence-electron chi connectivity index (χ1n) is 5.27. The largest absolute Gasteiger partial charge is 0.304 e. The summed E-state index contributed by atoms with van der Waals surface area (Å²) in [5.41, 5.74) is 2.32. The van der Waals surface area contributed by atoms with Crippen LogP contribution in [0.1, 0.15) is 19.8 Å². The van der Waals surface area contributed by atoms with Crippen molar-refractivity contribution in [3.63, 3.8) is 0 Å². The van der Waals surface area contributed by atoms with E-state index in [2.05, 4.69) is 24.1 Å². The van der Waals surface area contributed by atoms with Crippen molar-refractivity contribution in [2.24, 2.45) is 16.8 Å². The second-order valence-corrected chi connectivity index (χ2v) is 4.83. The quantitative estimate of drug-likeness (QED) is 0.678. The predicted octanol–water partition coefficient (Wildman–Crippen LogP) is 3.45. The van der Waals surface area contributed by atoms with Crippen LogP contribution in [-0.4, -0.2) is 17.2 Å². The second kappa shape index (κ2) is 4.35. The van der Waals surface area contributed by atoms with Gasteiger partial charge in [-0.1, -0.05) is 30.8 Å². The highest BCUT2D eigenvalue weighted by Crippen LogP contribution is 2.39. The zero-order valence-corrected chi connectivity index (χ0v) is 9.88. The molecule has 3 heteroatoms. The summed E-state index contributed by atoms with van der Waals surface area (Å²) >= 11 is 1.16. The van der Waals surface area contributed by atoms with Gasteiger partial charge in [-0.25, -0.2) is 4.99 Å². The molecule has 0 aromatic rings. The van der Waals surface area contributed by atoms with E-state index in [-0.39, 0.29) is 11.2 Å². The fraction of sp³-hybridized carbons (Fsp3) is 0.500. The van der Waals surface area contributed by atoms with Crippen LogP contribution in [0.4, 0.5) is 4.79 Å². The maximum atomic E-state index is 11.2. The van der Waals surface area contributed by atoms with E-state index in [0.717, 1.165) is 23.4 Å². The van der Waals surface area contributed by atoms with E-state index in [4.69, 9.17) is 0 Å². The molecule has 0 spiro atoms. The van der Waals surface area contributed by atoms with Crippen molar-refractivity contribution in [2.45, 2.75) is 19.8 Å². The summed E-state index contributed by atoms with van der Waals surface area (Å²) in [5.74, 6) is 1.06. The van der Waals surface area contributed by atoms with Crippen molar-refractivity contribution in [1.82, 2.24) is 0 Å². The highest BCUT2D eigenvalue weighted by molar-refractivity contribution is 8.13. The standard InChI is InChI=1S/C12H15NOS/c1-8-7-10(9-3-4-9)5-6-11(8)13-12(14)15-2/h5-9H,3-4H2,1-2H3. The highest BCUT2D eigenvalue weighted by atomic mass is 32.2. The van der Waals surface area contributed by atoms with Crippen LogP contribution in [0.15, 0.2) is 28.8 Å². The summed E-state index contributed by atoms with van der Waals surface area (Å²) < 4.78 is 0. The molecule has 0 saturated heterocycles. The lowest BCUT2D eigenvalue weighted by Crippen LogP contribution is -2.12. The van der Waals surface area contributed by atoms with E-state index in [0.29, 0.717) is 0 Å². The topological polar surface area (TPSA) is 29.4 Å². The van der Waals surface area contributed by atoms with Gasteiger partial charge in [-0.3, -0.25) is 4.79 Å². The van der Waals surface area contributed by atoms with Crippen LogP contribution in [0.5, 0.6) is 0 Å². The normalized spacial score (nSPS) is 28.0. The van der Waals surface area contributed by atoms with Crippen LogP contribution in [-0.2, 0) is 0 Å². The Labute approximate surface area is 94.5 Å². The Bertz CT molecular complexity index is 364. The maximum Gasteiger partial charge on any atom is 0.304 e. The highest BCUT2D eigenvalue weighted by Gasteiger charge is 2.26. The molecular formula is C12H15NOS. The Balaban J connectivity index is 2.10. The lowest BCUT2D eigenvalue weighted by molar-refractivity contribution is 0.267. The van der Waals surface area contributed by atoms with Crippen LogP contribution in [0.25, 0.3) is 0 Å².